The minimum Gasteiger partial charge on any atom is -0.487 e. The third kappa shape index (κ3) is 7.67. The van der Waals surface area contributed by atoms with Crippen molar-refractivity contribution in [1.82, 2.24) is 25.1 Å². The summed E-state index contributed by atoms with van der Waals surface area (Å²) in [7, 11) is 0. The number of benzene rings is 2. The SMILES string of the molecule is CC1CN(CC(C)(O)COc2ccc3c(c2OCCc2ccc(F)cc2)N=C(NC(=O)c2cnc(N)nc2)N2CCN=C32)CC(C)O1. The van der Waals surface area contributed by atoms with E-state index >= 15 is 0 Å². The molecule has 0 spiro atoms. The summed E-state index contributed by atoms with van der Waals surface area (Å²) in [6.07, 6.45) is 3.31. The van der Waals surface area contributed by atoms with Gasteiger partial charge < -0.3 is 25.1 Å². The van der Waals surface area contributed by atoms with Crippen molar-refractivity contribution < 1.29 is 28.5 Å². The molecule has 0 aliphatic carbocycles. The number of β-amino-alcohol motifs (C(OH)–C–C–N with tert-alkyl or cyclic N) is 1. The Labute approximate surface area is 272 Å². The van der Waals surface area contributed by atoms with Crippen LogP contribution in [0.4, 0.5) is 16.0 Å². The highest BCUT2D eigenvalue weighted by Crippen LogP contribution is 2.44. The minimum atomic E-state index is -1.19. The van der Waals surface area contributed by atoms with Crippen LogP contribution in [-0.2, 0) is 11.2 Å². The molecule has 3 aliphatic rings. The maximum absolute atomic E-state index is 13.5. The van der Waals surface area contributed by atoms with Gasteiger partial charge >= 0.3 is 0 Å². The van der Waals surface area contributed by atoms with Crippen LogP contribution in [0.15, 0.2) is 58.8 Å². The Morgan fingerprint density at radius 1 is 1.13 bits per heavy atom. The van der Waals surface area contributed by atoms with E-state index in [0.717, 1.165) is 5.56 Å². The molecule has 2 aromatic carbocycles. The molecule has 0 radical (unpaired) electrons. The van der Waals surface area contributed by atoms with Gasteiger partial charge in [-0.15, -0.1) is 0 Å². The summed E-state index contributed by atoms with van der Waals surface area (Å²) < 4.78 is 32.0. The predicted octanol–water partition coefficient (Wildman–Crippen LogP) is 2.55. The lowest BCUT2D eigenvalue weighted by Crippen LogP contribution is -2.52. The van der Waals surface area contributed by atoms with Gasteiger partial charge in [-0.3, -0.25) is 24.9 Å². The van der Waals surface area contributed by atoms with Crippen LogP contribution in [-0.4, -0.2) is 106 Å². The second-order valence-corrected chi connectivity index (χ2v) is 12.3. The third-order valence-corrected chi connectivity index (χ3v) is 7.96. The van der Waals surface area contributed by atoms with Gasteiger partial charge in [0, 0.05) is 50.6 Å². The molecule has 3 aromatic rings. The topological polar surface area (TPSA) is 160 Å². The number of carbonyl (C=O) groups is 1. The lowest BCUT2D eigenvalue weighted by molar-refractivity contribution is -0.0952. The van der Waals surface area contributed by atoms with Gasteiger partial charge in [0.1, 0.15) is 29.5 Å². The standard InChI is InChI=1S/C33H39FN8O5/c1-20-16-41(17-21(2)47-20)18-33(3,44)19-46-26-9-8-25-27(28(26)45-13-10-22-4-6-24(34)7-5-22)39-32(42-12-11-36-29(25)42)40-30(43)23-14-37-31(35)38-15-23/h4-9,14-15,20-21,44H,10-13,16-19H2,1-3H3,(H2,35,37,38)(H,39,40,43). The van der Waals surface area contributed by atoms with E-state index in [-0.39, 0.29) is 48.7 Å². The van der Waals surface area contributed by atoms with E-state index in [1.54, 1.807) is 25.1 Å². The highest BCUT2D eigenvalue weighted by Gasteiger charge is 2.35. The fourth-order valence-corrected chi connectivity index (χ4v) is 5.97. The molecule has 47 heavy (non-hydrogen) atoms. The number of nitrogen functional groups attached to an aromatic ring is 1. The van der Waals surface area contributed by atoms with Gasteiger partial charge in [0.25, 0.3) is 5.91 Å². The number of halogens is 1. The van der Waals surface area contributed by atoms with Crippen LogP contribution in [0, 0.1) is 5.82 Å². The molecule has 1 fully saturated rings. The maximum atomic E-state index is 13.5. The first-order chi connectivity index (χ1) is 22.5. The van der Waals surface area contributed by atoms with E-state index in [4.69, 9.17) is 29.9 Å². The summed E-state index contributed by atoms with van der Waals surface area (Å²) in [5.41, 5.74) is 6.65. The van der Waals surface area contributed by atoms with E-state index < -0.39 is 11.5 Å². The zero-order chi connectivity index (χ0) is 33.1. The molecule has 0 bridgehead atoms. The molecule has 248 valence electrons. The van der Waals surface area contributed by atoms with E-state index in [2.05, 4.69) is 20.2 Å². The quantitative estimate of drug-likeness (QED) is 0.299. The number of hydrogen-bond acceptors (Lipinski definition) is 12. The van der Waals surface area contributed by atoms with Crippen LogP contribution < -0.4 is 20.5 Å². The summed E-state index contributed by atoms with van der Waals surface area (Å²) in [5, 5.41) is 14.2. The number of rotatable bonds is 10. The van der Waals surface area contributed by atoms with Crippen molar-refractivity contribution in [3.63, 3.8) is 0 Å². The number of nitrogens with two attached hydrogens (primary N) is 1. The lowest BCUT2D eigenvalue weighted by Gasteiger charge is -2.39. The number of morpholine rings is 1. The number of hydrogen-bond donors (Lipinski definition) is 3. The number of ether oxygens (including phenoxy) is 3. The first-order valence-corrected chi connectivity index (χ1v) is 15.6. The molecule has 1 saturated heterocycles. The summed E-state index contributed by atoms with van der Waals surface area (Å²) >= 11 is 0. The Balaban J connectivity index is 1.28. The molecule has 1 amide bonds. The van der Waals surface area contributed by atoms with Crippen LogP contribution in [0.1, 0.15) is 42.3 Å². The number of nitrogens with one attached hydrogen (secondary N) is 1. The first kappa shape index (κ1) is 32.3. The fraction of sp³-hybridized carbons (Fsp3) is 0.424. The van der Waals surface area contributed by atoms with Crippen molar-refractivity contribution in [1.29, 1.82) is 0 Å². The first-order valence-electron chi connectivity index (χ1n) is 15.6. The molecule has 4 heterocycles. The van der Waals surface area contributed by atoms with Crippen LogP contribution in [0.5, 0.6) is 11.5 Å². The third-order valence-electron chi connectivity index (χ3n) is 7.96. The summed E-state index contributed by atoms with van der Waals surface area (Å²) in [6.45, 7) is 8.84. The van der Waals surface area contributed by atoms with Crippen LogP contribution >= 0.6 is 0 Å². The molecule has 4 N–H and O–H groups in total. The number of aromatic nitrogens is 2. The van der Waals surface area contributed by atoms with Crippen molar-refractivity contribution in [3.05, 3.63) is 71.3 Å². The van der Waals surface area contributed by atoms with Crippen molar-refractivity contribution in [2.24, 2.45) is 9.98 Å². The van der Waals surface area contributed by atoms with Crippen molar-refractivity contribution in [2.45, 2.75) is 45.0 Å². The number of aliphatic hydroxyl groups is 1. The molecular weight excluding hydrogens is 607 g/mol. The molecule has 1 aromatic heterocycles. The van der Waals surface area contributed by atoms with E-state index in [0.29, 0.717) is 67.7 Å². The summed E-state index contributed by atoms with van der Waals surface area (Å²) in [4.78, 5) is 34.5. The Bertz CT molecular complexity index is 1650. The molecule has 13 nitrogen and oxygen atoms in total. The van der Waals surface area contributed by atoms with Gasteiger partial charge in [-0.1, -0.05) is 12.1 Å². The number of fused-ring (bicyclic) bond motifs is 3. The lowest BCUT2D eigenvalue weighted by atomic mass is 10.1. The fourth-order valence-electron chi connectivity index (χ4n) is 5.97. The molecule has 14 heteroatoms. The monoisotopic (exact) mass is 646 g/mol. The molecule has 3 aliphatic heterocycles. The Hall–Kier alpha value is -4.66. The van der Waals surface area contributed by atoms with Gasteiger partial charge in [-0.05, 0) is 50.6 Å². The van der Waals surface area contributed by atoms with Crippen LogP contribution in [0.2, 0.25) is 0 Å². The summed E-state index contributed by atoms with van der Waals surface area (Å²) in [6, 6.07) is 9.86. The van der Waals surface area contributed by atoms with Crippen molar-refractivity contribution in [2.75, 3.05) is 51.7 Å². The largest absolute Gasteiger partial charge is 0.487 e. The van der Waals surface area contributed by atoms with E-state index in [1.165, 1.54) is 24.5 Å². The van der Waals surface area contributed by atoms with E-state index in [1.807, 2.05) is 24.8 Å². The number of anilines is 1. The van der Waals surface area contributed by atoms with Crippen molar-refractivity contribution in [3.8, 4) is 11.5 Å². The normalized spacial score (nSPS) is 20.4. The zero-order valence-electron chi connectivity index (χ0n) is 26.6. The van der Waals surface area contributed by atoms with Crippen LogP contribution in [0.3, 0.4) is 0 Å². The van der Waals surface area contributed by atoms with Gasteiger partial charge in [-0.2, -0.15) is 0 Å². The number of amides is 1. The predicted molar refractivity (Wildman–Crippen MR) is 174 cm³/mol. The molecule has 6 rings (SSSR count). The Morgan fingerprint density at radius 3 is 2.57 bits per heavy atom. The highest BCUT2D eigenvalue weighted by molar-refractivity contribution is 6.20. The minimum absolute atomic E-state index is 0.0161. The number of amidine groups is 1. The molecule has 3 unspecified atom stereocenters. The Kier molecular flexibility index (Phi) is 9.34. The molecular formula is C33H39FN8O5. The second kappa shape index (κ2) is 13.6. The van der Waals surface area contributed by atoms with Crippen molar-refractivity contribution >= 4 is 29.3 Å². The van der Waals surface area contributed by atoms with E-state index in [9.17, 15) is 14.3 Å². The average molecular weight is 647 g/mol. The summed E-state index contributed by atoms with van der Waals surface area (Å²) in [5.74, 6) is 0.892. The van der Waals surface area contributed by atoms with Gasteiger partial charge in [0.2, 0.25) is 11.9 Å². The molecule has 0 saturated carbocycles. The number of aliphatic imine (C=N–C) groups is 2. The molecule has 3 atom stereocenters. The average Bonchev–Trinajstić information content (AvgIpc) is 3.52. The van der Waals surface area contributed by atoms with Gasteiger partial charge in [-0.25, -0.2) is 19.4 Å². The number of guanidine groups is 1. The Morgan fingerprint density at radius 2 is 1.85 bits per heavy atom. The van der Waals surface area contributed by atoms with Crippen LogP contribution in [0.25, 0.3) is 0 Å². The maximum Gasteiger partial charge on any atom is 0.261 e. The van der Waals surface area contributed by atoms with Gasteiger partial charge in [0.15, 0.2) is 11.5 Å². The van der Waals surface area contributed by atoms with Gasteiger partial charge in [0.05, 0.1) is 30.9 Å². The number of carbonyl (C=O) groups excluding carboxylic acids is 1. The zero-order valence-corrected chi connectivity index (χ0v) is 26.6. The smallest absolute Gasteiger partial charge is 0.261 e. The number of nitrogens with zero attached hydrogens (tertiary/aromatic N) is 6. The highest BCUT2D eigenvalue weighted by atomic mass is 19.1. The second-order valence-electron chi connectivity index (χ2n) is 12.3.